The average Bonchev–Trinajstić information content (AvgIpc) is 2.90. The summed E-state index contributed by atoms with van der Waals surface area (Å²) in [5.74, 6) is -0.344. The number of carbonyl (C=O) groups is 2. The molecule has 0 aromatic heterocycles. The van der Waals surface area contributed by atoms with E-state index in [1.807, 2.05) is 63.2 Å². The Kier molecular flexibility index (Phi) is 6.18. The molecule has 1 aliphatic rings. The maximum absolute atomic E-state index is 13.5. The minimum Gasteiger partial charge on any atom is -0.483 e. The van der Waals surface area contributed by atoms with Crippen molar-refractivity contribution in [3.8, 4) is 16.9 Å². The van der Waals surface area contributed by atoms with Gasteiger partial charge in [0.25, 0.3) is 5.91 Å². The third kappa shape index (κ3) is 5.06. The molecule has 0 saturated heterocycles. The number of amides is 2. The summed E-state index contributed by atoms with van der Waals surface area (Å²) in [6.07, 6.45) is 0. The van der Waals surface area contributed by atoms with Gasteiger partial charge < -0.3 is 15.0 Å². The van der Waals surface area contributed by atoms with Gasteiger partial charge in [0.1, 0.15) is 17.6 Å². The highest BCUT2D eigenvalue weighted by Gasteiger charge is 2.37. The highest BCUT2D eigenvalue weighted by Crippen LogP contribution is 2.35. The number of benzene rings is 3. The van der Waals surface area contributed by atoms with Gasteiger partial charge in [-0.25, -0.2) is 4.39 Å². The van der Waals surface area contributed by atoms with Gasteiger partial charge in [0.05, 0.1) is 0 Å². The fourth-order valence-electron chi connectivity index (χ4n) is 4.03. The van der Waals surface area contributed by atoms with Gasteiger partial charge in [0, 0.05) is 17.6 Å². The molecule has 2 amide bonds. The number of para-hydroxylation sites is 1. The summed E-state index contributed by atoms with van der Waals surface area (Å²) in [4.78, 5) is 28.3. The van der Waals surface area contributed by atoms with Gasteiger partial charge in [-0.2, -0.15) is 0 Å². The van der Waals surface area contributed by atoms with Crippen LogP contribution < -0.4 is 10.1 Å². The molecule has 4 rings (SSSR count). The third-order valence-electron chi connectivity index (χ3n) is 5.46. The van der Waals surface area contributed by atoms with Crippen molar-refractivity contribution in [2.75, 3.05) is 6.61 Å². The number of hydrogen-bond donors (Lipinski definition) is 1. The van der Waals surface area contributed by atoms with E-state index < -0.39 is 11.6 Å². The summed E-state index contributed by atoms with van der Waals surface area (Å²) < 4.78 is 19.2. The number of rotatable bonds is 4. The molecule has 33 heavy (non-hydrogen) atoms. The second-order valence-electron chi connectivity index (χ2n) is 9.15. The van der Waals surface area contributed by atoms with Crippen molar-refractivity contribution in [1.82, 2.24) is 10.2 Å². The van der Waals surface area contributed by atoms with Crippen LogP contribution in [0.5, 0.6) is 5.75 Å². The first kappa shape index (κ1) is 22.5. The number of nitrogens with zero attached hydrogens (tertiary/aromatic N) is 1. The molecule has 1 atom stereocenters. The summed E-state index contributed by atoms with van der Waals surface area (Å²) in [5, 5.41) is 3.02. The van der Waals surface area contributed by atoms with Crippen LogP contribution in [0.15, 0.2) is 72.8 Å². The predicted octanol–water partition coefficient (Wildman–Crippen LogP) is 4.87. The van der Waals surface area contributed by atoms with Gasteiger partial charge in [-0.15, -0.1) is 0 Å². The number of ether oxygens (including phenoxy) is 1. The Bertz CT molecular complexity index is 1170. The molecule has 1 aliphatic heterocycles. The maximum atomic E-state index is 13.5. The van der Waals surface area contributed by atoms with Crippen molar-refractivity contribution in [3.63, 3.8) is 0 Å². The number of fused-ring (bicyclic) bond motifs is 1. The molecule has 0 aliphatic carbocycles. The summed E-state index contributed by atoms with van der Waals surface area (Å²) in [6.45, 7) is 5.75. The maximum Gasteiger partial charge on any atom is 0.261 e. The van der Waals surface area contributed by atoms with Gasteiger partial charge >= 0.3 is 0 Å². The first-order valence-corrected chi connectivity index (χ1v) is 10.9. The molecule has 0 fully saturated rings. The lowest BCUT2D eigenvalue weighted by molar-refractivity contribution is -0.142. The van der Waals surface area contributed by atoms with Crippen LogP contribution in [0.1, 0.15) is 37.9 Å². The van der Waals surface area contributed by atoms with Crippen LogP contribution in [0, 0.1) is 5.82 Å². The van der Waals surface area contributed by atoms with E-state index in [0.29, 0.717) is 11.3 Å². The van der Waals surface area contributed by atoms with Crippen LogP contribution >= 0.6 is 0 Å². The second-order valence-corrected chi connectivity index (χ2v) is 9.15. The second kappa shape index (κ2) is 9.06. The topological polar surface area (TPSA) is 58.6 Å². The van der Waals surface area contributed by atoms with Crippen molar-refractivity contribution in [2.45, 2.75) is 38.9 Å². The minimum atomic E-state index is -0.850. The van der Waals surface area contributed by atoms with Crippen LogP contribution in [0.4, 0.5) is 4.39 Å². The first-order chi connectivity index (χ1) is 15.7. The molecule has 1 unspecified atom stereocenters. The summed E-state index contributed by atoms with van der Waals surface area (Å²) in [7, 11) is 0. The van der Waals surface area contributed by atoms with Gasteiger partial charge in [-0.1, -0.05) is 54.6 Å². The molecule has 0 saturated carbocycles. The molecule has 6 heteroatoms. The first-order valence-electron chi connectivity index (χ1n) is 10.9. The SMILES string of the molecule is CC(C)(C)NC(=O)C1c2ccccc2OCC(=O)N1Cc1ccccc1-c1ccc(F)cc1. The van der Waals surface area contributed by atoms with Crippen LogP contribution in [-0.4, -0.2) is 28.9 Å². The summed E-state index contributed by atoms with van der Waals surface area (Å²) in [6, 6.07) is 20.3. The van der Waals surface area contributed by atoms with E-state index in [2.05, 4.69) is 5.32 Å². The minimum absolute atomic E-state index is 0.158. The fourth-order valence-corrected chi connectivity index (χ4v) is 4.03. The third-order valence-corrected chi connectivity index (χ3v) is 5.46. The molecule has 0 bridgehead atoms. The average molecular weight is 447 g/mol. The fraction of sp³-hybridized carbons (Fsp3) is 0.259. The molecule has 3 aromatic carbocycles. The van der Waals surface area contributed by atoms with Gasteiger partial charge in [-0.05, 0) is 55.7 Å². The van der Waals surface area contributed by atoms with Crippen molar-refractivity contribution < 1.29 is 18.7 Å². The van der Waals surface area contributed by atoms with Crippen LogP contribution in [0.2, 0.25) is 0 Å². The Balaban J connectivity index is 1.77. The molecule has 1 heterocycles. The highest BCUT2D eigenvalue weighted by molar-refractivity contribution is 5.91. The zero-order valence-corrected chi connectivity index (χ0v) is 19.0. The molecule has 1 N–H and O–H groups in total. The van der Waals surface area contributed by atoms with Crippen LogP contribution in [0.3, 0.4) is 0 Å². The molecular formula is C27H27FN2O3. The Labute approximate surface area is 193 Å². The smallest absolute Gasteiger partial charge is 0.261 e. The van der Waals surface area contributed by atoms with Gasteiger partial charge in [0.15, 0.2) is 6.61 Å². The normalized spacial score (nSPS) is 15.9. The van der Waals surface area contributed by atoms with E-state index in [0.717, 1.165) is 16.7 Å². The van der Waals surface area contributed by atoms with Crippen molar-refractivity contribution in [1.29, 1.82) is 0 Å². The number of halogens is 1. The van der Waals surface area contributed by atoms with Crippen LogP contribution in [0.25, 0.3) is 11.1 Å². The van der Waals surface area contributed by atoms with E-state index in [1.165, 1.54) is 12.1 Å². The standard InChI is InChI=1S/C27H27FN2O3/c1-27(2,3)29-26(32)25-22-10-6-7-11-23(22)33-17-24(31)30(25)16-19-8-4-5-9-21(19)18-12-14-20(28)15-13-18/h4-15,25H,16-17H2,1-3H3,(H,29,32). The van der Waals surface area contributed by atoms with E-state index in [9.17, 15) is 14.0 Å². The zero-order valence-electron chi connectivity index (χ0n) is 19.0. The Morgan fingerprint density at radius 3 is 2.42 bits per heavy atom. The zero-order chi connectivity index (χ0) is 23.6. The number of nitrogens with one attached hydrogen (secondary N) is 1. The van der Waals surface area contributed by atoms with E-state index in [1.54, 1.807) is 23.1 Å². The molecule has 170 valence electrons. The summed E-state index contributed by atoms with van der Waals surface area (Å²) >= 11 is 0. The molecule has 3 aromatic rings. The predicted molar refractivity (Wildman–Crippen MR) is 125 cm³/mol. The van der Waals surface area contributed by atoms with E-state index in [4.69, 9.17) is 4.74 Å². The lowest BCUT2D eigenvalue weighted by Gasteiger charge is -2.32. The molecule has 0 spiro atoms. The Hall–Kier alpha value is -3.67. The van der Waals surface area contributed by atoms with Gasteiger partial charge in [0.2, 0.25) is 5.91 Å². The van der Waals surface area contributed by atoms with Crippen molar-refractivity contribution in [2.24, 2.45) is 0 Å². The van der Waals surface area contributed by atoms with Gasteiger partial charge in [-0.3, -0.25) is 9.59 Å². The monoisotopic (exact) mass is 446 g/mol. The Morgan fingerprint density at radius 2 is 1.70 bits per heavy atom. The molecule has 5 nitrogen and oxygen atoms in total. The number of carbonyl (C=O) groups excluding carboxylic acids is 2. The quantitative estimate of drug-likeness (QED) is 0.622. The van der Waals surface area contributed by atoms with Crippen molar-refractivity contribution in [3.05, 3.63) is 89.7 Å². The lowest BCUT2D eigenvalue weighted by Crippen LogP contribution is -2.49. The largest absolute Gasteiger partial charge is 0.483 e. The summed E-state index contributed by atoms with van der Waals surface area (Å²) in [5.41, 5.74) is 2.73. The Morgan fingerprint density at radius 1 is 1.03 bits per heavy atom. The molecule has 0 radical (unpaired) electrons. The van der Waals surface area contributed by atoms with Crippen molar-refractivity contribution >= 4 is 11.8 Å². The molecular weight excluding hydrogens is 419 g/mol. The van der Waals surface area contributed by atoms with E-state index in [-0.39, 0.29) is 30.8 Å². The van der Waals surface area contributed by atoms with Crippen LogP contribution in [-0.2, 0) is 16.1 Å². The number of hydrogen-bond acceptors (Lipinski definition) is 3. The van der Waals surface area contributed by atoms with E-state index >= 15 is 0 Å². The highest BCUT2D eigenvalue weighted by atomic mass is 19.1. The lowest BCUT2D eigenvalue weighted by atomic mass is 9.97.